The Morgan fingerprint density at radius 1 is 1.14 bits per heavy atom. The third-order valence-corrected chi connectivity index (χ3v) is 5.62. The molecule has 0 unspecified atom stereocenters. The van der Waals surface area contributed by atoms with Crippen LogP contribution in [0.3, 0.4) is 0 Å². The van der Waals surface area contributed by atoms with E-state index in [1.165, 1.54) is 0 Å². The maximum Gasteiger partial charge on any atom is 0.246 e. The summed E-state index contributed by atoms with van der Waals surface area (Å²) in [5.74, 6) is 1.47. The smallest absolute Gasteiger partial charge is 0.246 e. The van der Waals surface area contributed by atoms with Crippen LogP contribution in [-0.2, 0) is 9.53 Å². The van der Waals surface area contributed by atoms with Gasteiger partial charge in [0.25, 0.3) is 0 Å². The van der Waals surface area contributed by atoms with Crippen molar-refractivity contribution < 1.29 is 9.53 Å². The lowest BCUT2D eigenvalue weighted by molar-refractivity contribution is -0.117. The zero-order chi connectivity index (χ0) is 20.4. The number of piperazine rings is 1. The van der Waals surface area contributed by atoms with Gasteiger partial charge in [-0.3, -0.25) is 9.78 Å². The van der Waals surface area contributed by atoms with Gasteiger partial charge in [0, 0.05) is 45.7 Å². The van der Waals surface area contributed by atoms with E-state index in [-0.39, 0.29) is 18.6 Å². The van der Waals surface area contributed by atoms with Crippen LogP contribution >= 0.6 is 0 Å². The first-order valence-electron chi connectivity index (χ1n) is 9.79. The highest BCUT2D eigenvalue weighted by molar-refractivity contribution is 5.97. The molecule has 0 radical (unpaired) electrons. The number of likely N-dealkylation sites (N-methyl/N-ethyl adjacent to an activating group) is 1. The average Bonchev–Trinajstić information content (AvgIpc) is 3.19. The van der Waals surface area contributed by atoms with E-state index < -0.39 is 0 Å². The van der Waals surface area contributed by atoms with Crippen LogP contribution < -0.4 is 14.7 Å². The van der Waals surface area contributed by atoms with Gasteiger partial charge in [0.1, 0.15) is 12.4 Å². The predicted molar refractivity (Wildman–Crippen MR) is 111 cm³/mol. The summed E-state index contributed by atoms with van der Waals surface area (Å²) < 4.78 is 5.66. The van der Waals surface area contributed by atoms with Crippen molar-refractivity contribution >= 4 is 23.4 Å². The van der Waals surface area contributed by atoms with Crippen LogP contribution in [0.4, 0.5) is 17.5 Å². The summed E-state index contributed by atoms with van der Waals surface area (Å²) in [7, 11) is 5.89. The van der Waals surface area contributed by atoms with Gasteiger partial charge in [-0.15, -0.1) is 0 Å². The number of anilines is 3. The molecule has 2 aromatic rings. The van der Waals surface area contributed by atoms with Crippen molar-refractivity contribution in [2.45, 2.75) is 12.1 Å². The minimum absolute atomic E-state index is 0.0199. The fraction of sp³-hybridized carbons (Fsp3) is 0.500. The van der Waals surface area contributed by atoms with E-state index in [0.29, 0.717) is 25.1 Å². The molecule has 0 spiro atoms. The predicted octanol–water partition coefficient (Wildman–Crippen LogP) is 0.490. The highest BCUT2D eigenvalue weighted by atomic mass is 16.5. The van der Waals surface area contributed by atoms with E-state index in [2.05, 4.69) is 33.9 Å². The SMILES string of the molecule is CO[C@@H]1CN(c2ccnc(N3CCN(c4cccnc4)C(=O)C3)n2)C[C@@H]1N(C)C. The number of nitrogens with zero attached hydrogens (tertiary/aromatic N) is 7. The molecule has 9 heteroatoms. The molecule has 2 aliphatic heterocycles. The first-order valence-corrected chi connectivity index (χ1v) is 9.79. The van der Waals surface area contributed by atoms with Crippen molar-refractivity contribution in [3.05, 3.63) is 36.8 Å². The number of amides is 1. The molecule has 2 aromatic heterocycles. The minimum atomic E-state index is 0.0199. The van der Waals surface area contributed by atoms with Crippen LogP contribution in [-0.4, -0.2) is 91.8 Å². The molecule has 2 aliphatic rings. The van der Waals surface area contributed by atoms with E-state index in [1.807, 2.05) is 23.1 Å². The number of rotatable bonds is 5. The van der Waals surface area contributed by atoms with Gasteiger partial charge in [-0.1, -0.05) is 0 Å². The summed E-state index contributed by atoms with van der Waals surface area (Å²) in [5.41, 5.74) is 0.823. The van der Waals surface area contributed by atoms with Crippen molar-refractivity contribution in [3.8, 4) is 0 Å². The Morgan fingerprint density at radius 3 is 2.66 bits per heavy atom. The second-order valence-electron chi connectivity index (χ2n) is 7.60. The first kappa shape index (κ1) is 19.5. The lowest BCUT2D eigenvalue weighted by Crippen LogP contribution is -2.51. The number of hydrogen-bond donors (Lipinski definition) is 0. The Bertz CT molecular complexity index is 848. The lowest BCUT2D eigenvalue weighted by Gasteiger charge is -2.34. The van der Waals surface area contributed by atoms with Crippen LogP contribution in [0.5, 0.6) is 0 Å². The molecule has 154 valence electrons. The standard InChI is InChI=1S/C20H27N7O2/c1-24(2)16-12-26(13-17(16)29-3)18-6-8-22-20(23-18)25-9-10-27(19(28)14-25)15-5-4-7-21-11-15/h4-8,11,16-17H,9-10,12-14H2,1-3H3/t16-,17+/m0/s1. The molecule has 0 aromatic carbocycles. The highest BCUT2D eigenvalue weighted by Gasteiger charge is 2.35. The maximum atomic E-state index is 12.7. The molecule has 2 saturated heterocycles. The number of carbonyl (C=O) groups is 1. The summed E-state index contributed by atoms with van der Waals surface area (Å²) >= 11 is 0. The van der Waals surface area contributed by atoms with E-state index >= 15 is 0 Å². The summed E-state index contributed by atoms with van der Waals surface area (Å²) in [5, 5.41) is 0. The monoisotopic (exact) mass is 397 g/mol. The second kappa shape index (κ2) is 8.30. The Hall–Kier alpha value is -2.78. The number of methoxy groups -OCH3 is 1. The van der Waals surface area contributed by atoms with Gasteiger partial charge in [0.2, 0.25) is 11.9 Å². The van der Waals surface area contributed by atoms with Crippen LogP contribution in [0, 0.1) is 0 Å². The van der Waals surface area contributed by atoms with E-state index in [9.17, 15) is 4.79 Å². The normalized spacial score (nSPS) is 22.6. The Labute approximate surface area is 170 Å². The molecular weight excluding hydrogens is 370 g/mol. The number of pyridine rings is 1. The third-order valence-electron chi connectivity index (χ3n) is 5.62. The molecule has 0 aliphatic carbocycles. The number of carbonyl (C=O) groups excluding carboxylic acids is 1. The van der Waals surface area contributed by atoms with Crippen molar-refractivity contribution in [2.24, 2.45) is 0 Å². The van der Waals surface area contributed by atoms with E-state index in [4.69, 9.17) is 9.72 Å². The van der Waals surface area contributed by atoms with Crippen molar-refractivity contribution in [1.82, 2.24) is 19.9 Å². The van der Waals surface area contributed by atoms with E-state index in [1.54, 1.807) is 30.6 Å². The van der Waals surface area contributed by atoms with Gasteiger partial charge in [0.15, 0.2) is 0 Å². The molecular formula is C20H27N7O2. The molecule has 2 atom stereocenters. The van der Waals surface area contributed by atoms with Crippen molar-refractivity contribution in [1.29, 1.82) is 0 Å². The molecule has 4 rings (SSSR count). The Kier molecular flexibility index (Phi) is 5.59. The Balaban J connectivity index is 1.47. The number of ether oxygens (including phenoxy) is 1. The Morgan fingerprint density at radius 2 is 2.00 bits per heavy atom. The van der Waals surface area contributed by atoms with Crippen molar-refractivity contribution in [2.75, 3.05) is 68.6 Å². The van der Waals surface area contributed by atoms with Crippen LogP contribution in [0.2, 0.25) is 0 Å². The fourth-order valence-electron chi connectivity index (χ4n) is 3.97. The largest absolute Gasteiger partial charge is 0.378 e. The van der Waals surface area contributed by atoms with Gasteiger partial charge in [0.05, 0.1) is 24.0 Å². The first-order chi connectivity index (χ1) is 14.1. The van der Waals surface area contributed by atoms with Crippen LogP contribution in [0.25, 0.3) is 0 Å². The van der Waals surface area contributed by atoms with Gasteiger partial charge >= 0.3 is 0 Å². The molecule has 0 saturated carbocycles. The van der Waals surface area contributed by atoms with E-state index in [0.717, 1.165) is 24.6 Å². The summed E-state index contributed by atoms with van der Waals surface area (Å²) in [6, 6.07) is 5.97. The fourth-order valence-corrected chi connectivity index (χ4v) is 3.97. The topological polar surface area (TPSA) is 77.9 Å². The van der Waals surface area contributed by atoms with Gasteiger partial charge in [-0.2, -0.15) is 4.98 Å². The molecule has 1 amide bonds. The van der Waals surface area contributed by atoms with Gasteiger partial charge < -0.3 is 24.3 Å². The molecule has 0 N–H and O–H groups in total. The molecule has 2 fully saturated rings. The second-order valence-corrected chi connectivity index (χ2v) is 7.60. The quantitative estimate of drug-likeness (QED) is 0.722. The summed E-state index contributed by atoms with van der Waals surface area (Å²) in [6.45, 7) is 3.12. The number of aromatic nitrogens is 3. The van der Waals surface area contributed by atoms with Gasteiger partial charge in [-0.25, -0.2) is 4.98 Å². The van der Waals surface area contributed by atoms with Crippen LogP contribution in [0.1, 0.15) is 0 Å². The maximum absolute atomic E-state index is 12.7. The molecule has 9 nitrogen and oxygen atoms in total. The van der Waals surface area contributed by atoms with Crippen molar-refractivity contribution in [3.63, 3.8) is 0 Å². The zero-order valence-electron chi connectivity index (χ0n) is 17.1. The number of hydrogen-bond acceptors (Lipinski definition) is 8. The summed E-state index contributed by atoms with van der Waals surface area (Å²) in [6.07, 6.45) is 5.32. The van der Waals surface area contributed by atoms with Crippen LogP contribution in [0.15, 0.2) is 36.8 Å². The average molecular weight is 397 g/mol. The zero-order valence-corrected chi connectivity index (χ0v) is 17.1. The highest BCUT2D eigenvalue weighted by Crippen LogP contribution is 2.24. The lowest BCUT2D eigenvalue weighted by atomic mass is 10.2. The molecule has 29 heavy (non-hydrogen) atoms. The summed E-state index contributed by atoms with van der Waals surface area (Å²) in [4.78, 5) is 34.1. The van der Waals surface area contributed by atoms with Gasteiger partial charge in [-0.05, 0) is 32.3 Å². The minimum Gasteiger partial charge on any atom is -0.378 e. The molecule has 4 heterocycles. The molecule has 0 bridgehead atoms. The third kappa shape index (κ3) is 4.01.